The largest absolute Gasteiger partial charge is 0.262 e. The van der Waals surface area contributed by atoms with E-state index in [-0.39, 0.29) is 0 Å². The van der Waals surface area contributed by atoms with Gasteiger partial charge in [0, 0.05) is 23.2 Å². The van der Waals surface area contributed by atoms with E-state index in [1.165, 1.54) is 27.2 Å². The molecule has 0 aliphatic carbocycles. The molecular formula is C20H25NS. The van der Waals surface area contributed by atoms with Gasteiger partial charge in [0.1, 0.15) is 0 Å². The summed E-state index contributed by atoms with van der Waals surface area (Å²) >= 11 is 1.81. The Morgan fingerprint density at radius 1 is 1.18 bits per heavy atom. The van der Waals surface area contributed by atoms with E-state index in [4.69, 9.17) is 0 Å². The van der Waals surface area contributed by atoms with Gasteiger partial charge in [-0.1, -0.05) is 55.1 Å². The Balaban J connectivity index is 3.36. The molecule has 0 saturated heterocycles. The molecule has 0 fully saturated rings. The molecule has 1 rings (SSSR count). The van der Waals surface area contributed by atoms with E-state index >= 15 is 0 Å². The highest BCUT2D eigenvalue weighted by Gasteiger charge is 2.14. The van der Waals surface area contributed by atoms with Crippen LogP contribution < -0.4 is 0 Å². The highest BCUT2D eigenvalue weighted by molar-refractivity contribution is 8.03. The van der Waals surface area contributed by atoms with Crippen LogP contribution in [0.1, 0.15) is 33.3 Å². The molecule has 1 aromatic rings. The Kier molecular flexibility index (Phi) is 7.69. The molecule has 0 N–H and O–H groups in total. The summed E-state index contributed by atoms with van der Waals surface area (Å²) in [7, 11) is 0. The highest BCUT2D eigenvalue weighted by Crippen LogP contribution is 2.32. The molecule has 0 radical (unpaired) electrons. The fourth-order valence-corrected chi connectivity index (χ4v) is 3.08. The zero-order chi connectivity index (χ0) is 16.5. The molecule has 116 valence electrons. The summed E-state index contributed by atoms with van der Waals surface area (Å²) in [5.41, 5.74) is 5.74. The van der Waals surface area contributed by atoms with Gasteiger partial charge in [0.2, 0.25) is 0 Å². The third-order valence-corrected chi connectivity index (χ3v) is 4.45. The van der Waals surface area contributed by atoms with Crippen LogP contribution in [0.3, 0.4) is 0 Å². The number of thioether (sulfide) groups is 1. The number of benzene rings is 1. The Hall–Kier alpha value is -1.80. The molecule has 0 atom stereocenters. The zero-order valence-electron chi connectivity index (χ0n) is 14.0. The number of hydrogen-bond donors (Lipinski definition) is 0. The van der Waals surface area contributed by atoms with Gasteiger partial charge in [-0.15, -0.1) is 11.8 Å². The lowest BCUT2D eigenvalue weighted by Crippen LogP contribution is -2.03. The maximum atomic E-state index is 4.41. The van der Waals surface area contributed by atoms with Gasteiger partial charge in [0.25, 0.3) is 0 Å². The minimum absolute atomic E-state index is 0.919. The normalized spacial score (nSPS) is 13.6. The number of allylic oxidation sites excluding steroid dienone is 4. The second kappa shape index (κ2) is 9.26. The van der Waals surface area contributed by atoms with Crippen molar-refractivity contribution in [3.63, 3.8) is 0 Å². The van der Waals surface area contributed by atoms with Gasteiger partial charge in [-0.3, -0.25) is 4.99 Å². The van der Waals surface area contributed by atoms with E-state index in [2.05, 4.69) is 69.3 Å². The summed E-state index contributed by atoms with van der Waals surface area (Å²) in [6.07, 6.45) is 3.75. The first-order valence-corrected chi connectivity index (χ1v) is 8.35. The topological polar surface area (TPSA) is 12.4 Å². The van der Waals surface area contributed by atoms with Gasteiger partial charge in [0.15, 0.2) is 0 Å². The van der Waals surface area contributed by atoms with Crippen molar-refractivity contribution in [3.8, 4) is 0 Å². The SMILES string of the molecule is C=CN=C(C)C(/C(=C\C)c1ccccc1)=C(\C)SCC(=C)C. The molecular weight excluding hydrogens is 286 g/mol. The summed E-state index contributed by atoms with van der Waals surface area (Å²) in [6, 6.07) is 10.4. The van der Waals surface area contributed by atoms with Crippen molar-refractivity contribution in [1.29, 1.82) is 0 Å². The quantitative estimate of drug-likeness (QED) is 0.328. The van der Waals surface area contributed by atoms with E-state index in [9.17, 15) is 0 Å². The lowest BCUT2D eigenvalue weighted by molar-refractivity contribution is 1.43. The molecule has 0 aliphatic rings. The first-order valence-electron chi connectivity index (χ1n) is 7.37. The lowest BCUT2D eigenvalue weighted by Gasteiger charge is -2.16. The van der Waals surface area contributed by atoms with Crippen LogP contribution in [0.2, 0.25) is 0 Å². The molecule has 1 aromatic carbocycles. The molecule has 0 aromatic heterocycles. The van der Waals surface area contributed by atoms with E-state index in [1.54, 1.807) is 6.20 Å². The Morgan fingerprint density at radius 3 is 2.32 bits per heavy atom. The Labute approximate surface area is 139 Å². The van der Waals surface area contributed by atoms with Crippen molar-refractivity contribution in [3.05, 3.63) is 77.4 Å². The molecule has 0 spiro atoms. The van der Waals surface area contributed by atoms with Crippen LogP contribution in [0.5, 0.6) is 0 Å². The smallest absolute Gasteiger partial charge is 0.0458 e. The van der Waals surface area contributed by atoms with Gasteiger partial charge in [-0.25, -0.2) is 0 Å². The standard InChI is InChI=1S/C20H25NS/c1-7-19(18-12-10-9-11-13-18)20(16(5)21-8-2)17(6)22-14-15(3)4/h7-13H,2-3,14H2,1,4-6H3/b19-7-,20-17-,21-16?. The maximum absolute atomic E-state index is 4.41. The van der Waals surface area contributed by atoms with Crippen molar-refractivity contribution in [1.82, 2.24) is 0 Å². The summed E-state index contributed by atoms with van der Waals surface area (Å²) in [5, 5.41) is 0. The molecule has 2 heteroatoms. The minimum atomic E-state index is 0.919. The molecule has 0 aliphatic heterocycles. The van der Waals surface area contributed by atoms with Gasteiger partial charge >= 0.3 is 0 Å². The van der Waals surface area contributed by atoms with Crippen molar-refractivity contribution in [2.45, 2.75) is 27.7 Å². The van der Waals surface area contributed by atoms with Crippen LogP contribution in [-0.4, -0.2) is 11.5 Å². The molecule has 0 bridgehead atoms. The number of rotatable bonds is 7. The van der Waals surface area contributed by atoms with Crippen LogP contribution >= 0.6 is 11.8 Å². The summed E-state index contributed by atoms with van der Waals surface area (Å²) in [4.78, 5) is 5.67. The van der Waals surface area contributed by atoms with E-state index in [0.29, 0.717) is 0 Å². The highest BCUT2D eigenvalue weighted by atomic mass is 32.2. The van der Waals surface area contributed by atoms with Crippen molar-refractivity contribution in [2.75, 3.05) is 5.75 Å². The Bertz CT molecular complexity index is 618. The van der Waals surface area contributed by atoms with E-state index < -0.39 is 0 Å². The van der Waals surface area contributed by atoms with Gasteiger partial charge in [-0.05, 0) is 43.7 Å². The molecule has 0 heterocycles. The second-order valence-electron chi connectivity index (χ2n) is 5.14. The summed E-state index contributed by atoms with van der Waals surface area (Å²) in [5.74, 6) is 0.919. The van der Waals surface area contributed by atoms with Crippen LogP contribution in [0.15, 0.2) is 76.8 Å². The summed E-state index contributed by atoms with van der Waals surface area (Å²) in [6.45, 7) is 16.0. The van der Waals surface area contributed by atoms with E-state index in [1.807, 2.05) is 24.8 Å². The lowest BCUT2D eigenvalue weighted by atomic mass is 9.94. The molecule has 0 unspecified atom stereocenters. The maximum Gasteiger partial charge on any atom is 0.0458 e. The first-order chi connectivity index (χ1) is 10.5. The second-order valence-corrected chi connectivity index (χ2v) is 6.33. The first kappa shape index (κ1) is 18.2. The van der Waals surface area contributed by atoms with Crippen molar-refractivity contribution < 1.29 is 0 Å². The van der Waals surface area contributed by atoms with Crippen LogP contribution in [0.25, 0.3) is 5.57 Å². The fourth-order valence-electron chi connectivity index (χ4n) is 2.22. The van der Waals surface area contributed by atoms with Crippen molar-refractivity contribution in [2.24, 2.45) is 4.99 Å². The fraction of sp³-hybridized carbons (Fsp3) is 0.250. The van der Waals surface area contributed by atoms with Crippen molar-refractivity contribution >= 4 is 23.0 Å². The number of hydrogen-bond acceptors (Lipinski definition) is 2. The third kappa shape index (κ3) is 5.19. The van der Waals surface area contributed by atoms with Gasteiger partial charge in [-0.2, -0.15) is 0 Å². The Morgan fingerprint density at radius 2 is 1.82 bits per heavy atom. The average Bonchev–Trinajstić information content (AvgIpc) is 2.51. The number of aliphatic imine (C=N–C) groups is 1. The van der Waals surface area contributed by atoms with Crippen LogP contribution in [0, 0.1) is 0 Å². The van der Waals surface area contributed by atoms with Gasteiger partial charge < -0.3 is 0 Å². The summed E-state index contributed by atoms with van der Waals surface area (Å²) < 4.78 is 0. The van der Waals surface area contributed by atoms with E-state index in [0.717, 1.165) is 11.5 Å². The van der Waals surface area contributed by atoms with Gasteiger partial charge in [0.05, 0.1) is 0 Å². The van der Waals surface area contributed by atoms with Crippen LogP contribution in [-0.2, 0) is 0 Å². The zero-order valence-corrected chi connectivity index (χ0v) is 14.8. The predicted molar refractivity (Wildman–Crippen MR) is 103 cm³/mol. The predicted octanol–water partition coefficient (Wildman–Crippen LogP) is 6.28. The molecule has 0 saturated carbocycles. The molecule has 1 nitrogen and oxygen atoms in total. The molecule has 0 amide bonds. The third-order valence-electron chi connectivity index (χ3n) is 3.18. The monoisotopic (exact) mass is 311 g/mol. The molecule has 22 heavy (non-hydrogen) atoms. The average molecular weight is 311 g/mol. The number of nitrogens with zero attached hydrogens (tertiary/aromatic N) is 1. The van der Waals surface area contributed by atoms with Crippen LogP contribution in [0.4, 0.5) is 0 Å². The minimum Gasteiger partial charge on any atom is -0.262 e.